The van der Waals surface area contributed by atoms with E-state index < -0.39 is 41.1 Å². The van der Waals surface area contributed by atoms with Crippen LogP contribution in [0.4, 0.5) is 18.0 Å². The molecule has 2 rings (SSSR count). The molecule has 25 heavy (non-hydrogen) atoms. The number of nitrogens with zero attached hydrogens (tertiary/aromatic N) is 2. The van der Waals surface area contributed by atoms with Crippen molar-refractivity contribution in [3.8, 4) is 0 Å². The van der Waals surface area contributed by atoms with Crippen LogP contribution in [0.25, 0.3) is 0 Å². The van der Waals surface area contributed by atoms with Crippen LogP contribution in [0.5, 0.6) is 0 Å². The molecule has 2 fully saturated rings. The molecule has 2 aliphatic rings. The predicted octanol–water partition coefficient (Wildman–Crippen LogP) is 3.02. The van der Waals surface area contributed by atoms with Crippen molar-refractivity contribution in [2.24, 2.45) is 5.41 Å². The van der Waals surface area contributed by atoms with Gasteiger partial charge in [0.1, 0.15) is 6.04 Å². The molecule has 1 aliphatic heterocycles. The van der Waals surface area contributed by atoms with E-state index in [1.807, 2.05) is 0 Å². The average molecular weight is 364 g/mol. The molecule has 0 radical (unpaired) electrons. The molecule has 1 atom stereocenters. The zero-order valence-corrected chi connectivity index (χ0v) is 14.5. The third-order valence-electron chi connectivity index (χ3n) is 5.00. The minimum atomic E-state index is -5.19. The third kappa shape index (κ3) is 3.46. The summed E-state index contributed by atoms with van der Waals surface area (Å²) in [4.78, 5) is 38.0. The molecule has 0 aromatic rings. The second-order valence-electron chi connectivity index (χ2n) is 7.94. The van der Waals surface area contributed by atoms with E-state index in [9.17, 15) is 32.7 Å². The number of piperazine rings is 1. The molecule has 0 aromatic carbocycles. The SMILES string of the molecule is CC(C)(C)C1C(=O)N(C(=O)C(F)(F)F)C2(CCCCC2)CN1C(=O)O. The van der Waals surface area contributed by atoms with Gasteiger partial charge in [0.15, 0.2) is 0 Å². The highest BCUT2D eigenvalue weighted by Crippen LogP contribution is 2.43. The third-order valence-corrected chi connectivity index (χ3v) is 5.00. The van der Waals surface area contributed by atoms with Gasteiger partial charge in [-0.3, -0.25) is 19.4 Å². The first-order valence-corrected chi connectivity index (χ1v) is 8.26. The van der Waals surface area contributed by atoms with Crippen LogP contribution < -0.4 is 0 Å². The molecule has 6 nitrogen and oxygen atoms in total. The summed E-state index contributed by atoms with van der Waals surface area (Å²) in [7, 11) is 0. The minimum Gasteiger partial charge on any atom is -0.465 e. The van der Waals surface area contributed by atoms with Crippen LogP contribution in [0.2, 0.25) is 0 Å². The van der Waals surface area contributed by atoms with Crippen LogP contribution in [0, 0.1) is 5.41 Å². The smallest absolute Gasteiger partial charge is 0.465 e. The van der Waals surface area contributed by atoms with Crippen LogP contribution in [0.3, 0.4) is 0 Å². The number of imide groups is 1. The van der Waals surface area contributed by atoms with Crippen molar-refractivity contribution in [1.82, 2.24) is 9.80 Å². The number of carbonyl (C=O) groups is 3. The van der Waals surface area contributed by atoms with Gasteiger partial charge >= 0.3 is 18.2 Å². The molecule has 0 aromatic heterocycles. The predicted molar refractivity (Wildman–Crippen MR) is 81.7 cm³/mol. The van der Waals surface area contributed by atoms with Crippen LogP contribution in [0.1, 0.15) is 52.9 Å². The van der Waals surface area contributed by atoms with Crippen molar-refractivity contribution in [3.63, 3.8) is 0 Å². The van der Waals surface area contributed by atoms with Crippen LogP contribution in [0.15, 0.2) is 0 Å². The maximum absolute atomic E-state index is 13.2. The fourth-order valence-corrected chi connectivity index (χ4v) is 4.02. The number of amides is 3. The van der Waals surface area contributed by atoms with Gasteiger partial charge in [0.05, 0.1) is 5.54 Å². The van der Waals surface area contributed by atoms with Gasteiger partial charge < -0.3 is 5.11 Å². The van der Waals surface area contributed by atoms with E-state index in [0.717, 1.165) is 11.3 Å². The van der Waals surface area contributed by atoms with Gasteiger partial charge in [0.25, 0.3) is 5.91 Å². The molecule has 1 unspecified atom stereocenters. The number of hydrogen-bond donors (Lipinski definition) is 1. The molecular weight excluding hydrogens is 341 g/mol. The van der Waals surface area contributed by atoms with Gasteiger partial charge in [-0.1, -0.05) is 40.0 Å². The summed E-state index contributed by atoms with van der Waals surface area (Å²) in [6.07, 6.45) is -4.32. The van der Waals surface area contributed by atoms with Gasteiger partial charge in [-0.05, 0) is 18.3 Å². The van der Waals surface area contributed by atoms with Crippen molar-refractivity contribution in [3.05, 3.63) is 0 Å². The van der Waals surface area contributed by atoms with Crippen LogP contribution >= 0.6 is 0 Å². The monoisotopic (exact) mass is 364 g/mol. The molecular formula is C16H23F3N2O4. The molecule has 1 heterocycles. The Balaban J connectivity index is 2.57. The van der Waals surface area contributed by atoms with E-state index in [1.165, 1.54) is 0 Å². The molecule has 1 saturated heterocycles. The number of alkyl halides is 3. The van der Waals surface area contributed by atoms with Crippen LogP contribution in [-0.4, -0.2) is 57.1 Å². The topological polar surface area (TPSA) is 77.9 Å². The lowest BCUT2D eigenvalue weighted by Crippen LogP contribution is -2.74. The highest BCUT2D eigenvalue weighted by Gasteiger charge is 2.60. The first kappa shape index (κ1) is 19.5. The van der Waals surface area contributed by atoms with Crippen molar-refractivity contribution in [2.45, 2.75) is 70.6 Å². The normalized spacial score (nSPS) is 24.6. The van der Waals surface area contributed by atoms with Crippen LogP contribution in [-0.2, 0) is 9.59 Å². The summed E-state index contributed by atoms with van der Waals surface area (Å²) < 4.78 is 39.5. The Morgan fingerprint density at radius 1 is 1.12 bits per heavy atom. The minimum absolute atomic E-state index is 0.182. The molecule has 0 bridgehead atoms. The first-order chi connectivity index (χ1) is 11.3. The fraction of sp³-hybridized carbons (Fsp3) is 0.812. The average Bonchev–Trinajstić information content (AvgIpc) is 2.44. The maximum Gasteiger partial charge on any atom is 0.471 e. The van der Waals surface area contributed by atoms with Gasteiger partial charge in [0, 0.05) is 6.54 Å². The number of hydrogen-bond acceptors (Lipinski definition) is 3. The highest BCUT2D eigenvalue weighted by molar-refractivity contribution is 6.03. The van der Waals surface area contributed by atoms with Crippen molar-refractivity contribution in [2.75, 3.05) is 6.54 Å². The van der Waals surface area contributed by atoms with Gasteiger partial charge in [0.2, 0.25) is 0 Å². The summed E-state index contributed by atoms with van der Waals surface area (Å²) >= 11 is 0. The molecule has 1 aliphatic carbocycles. The molecule has 142 valence electrons. The Labute approximate surface area is 143 Å². The number of rotatable bonds is 0. The van der Waals surface area contributed by atoms with E-state index in [4.69, 9.17) is 0 Å². The van der Waals surface area contributed by atoms with E-state index >= 15 is 0 Å². The van der Waals surface area contributed by atoms with E-state index in [-0.39, 0.29) is 19.4 Å². The van der Waals surface area contributed by atoms with Crippen molar-refractivity contribution < 1.29 is 32.7 Å². The molecule has 1 N–H and O–H groups in total. The first-order valence-electron chi connectivity index (χ1n) is 8.26. The zero-order valence-electron chi connectivity index (χ0n) is 14.5. The van der Waals surface area contributed by atoms with Gasteiger partial charge in [-0.25, -0.2) is 4.79 Å². The molecule has 1 saturated carbocycles. The zero-order chi connectivity index (χ0) is 19.2. The summed E-state index contributed by atoms with van der Waals surface area (Å²) in [5.74, 6) is -3.27. The van der Waals surface area contributed by atoms with Crippen molar-refractivity contribution in [1.29, 1.82) is 0 Å². The highest BCUT2D eigenvalue weighted by atomic mass is 19.4. The standard InChI is InChI=1S/C16H23F3N2O4/c1-14(2,3)10-11(22)21(12(23)16(17,18)19)15(7-5-4-6-8-15)9-20(10)13(24)25/h10H,4-9H2,1-3H3,(H,24,25). The largest absolute Gasteiger partial charge is 0.471 e. The molecule has 3 amide bonds. The summed E-state index contributed by atoms with van der Waals surface area (Å²) in [6, 6.07) is -1.34. The number of halogens is 3. The van der Waals surface area contributed by atoms with E-state index in [2.05, 4.69) is 0 Å². The Morgan fingerprint density at radius 2 is 1.64 bits per heavy atom. The fourth-order valence-electron chi connectivity index (χ4n) is 4.02. The van der Waals surface area contributed by atoms with Gasteiger partial charge in [-0.15, -0.1) is 0 Å². The second-order valence-corrected chi connectivity index (χ2v) is 7.94. The van der Waals surface area contributed by atoms with Gasteiger partial charge in [-0.2, -0.15) is 13.2 Å². The lowest BCUT2D eigenvalue weighted by molar-refractivity contribution is -0.203. The van der Waals surface area contributed by atoms with Crippen molar-refractivity contribution >= 4 is 17.9 Å². The Kier molecular flexibility index (Phi) is 4.82. The van der Waals surface area contributed by atoms with E-state index in [1.54, 1.807) is 20.8 Å². The second kappa shape index (κ2) is 6.17. The maximum atomic E-state index is 13.2. The lowest BCUT2D eigenvalue weighted by atomic mass is 9.74. The molecule has 9 heteroatoms. The quantitative estimate of drug-likeness (QED) is 0.717. The van der Waals surface area contributed by atoms with E-state index in [0.29, 0.717) is 17.7 Å². The lowest BCUT2D eigenvalue weighted by Gasteiger charge is -2.55. The summed E-state index contributed by atoms with van der Waals surface area (Å²) in [6.45, 7) is 4.43. The Bertz CT molecular complexity index is 577. The Morgan fingerprint density at radius 3 is 2.04 bits per heavy atom. The number of carboxylic acid groups (broad SMARTS) is 1. The summed E-state index contributed by atoms with van der Waals surface area (Å²) in [5, 5.41) is 9.54. The summed E-state index contributed by atoms with van der Waals surface area (Å²) in [5.41, 5.74) is -2.36. The Hall–Kier alpha value is -1.80. The molecule has 1 spiro atoms. The number of carbonyl (C=O) groups excluding carboxylic acids is 2.